The van der Waals surface area contributed by atoms with Crippen LogP contribution in [-0.2, 0) is 6.42 Å². The summed E-state index contributed by atoms with van der Waals surface area (Å²) in [4.78, 5) is 8.11. The summed E-state index contributed by atoms with van der Waals surface area (Å²) in [6, 6.07) is 18.0. The van der Waals surface area contributed by atoms with Crippen LogP contribution < -0.4 is 0 Å². The largest absolute Gasteiger partial charge is 0.264 e. The van der Waals surface area contributed by atoms with Gasteiger partial charge in [-0.1, -0.05) is 35.9 Å². The molecule has 0 aliphatic heterocycles. The minimum absolute atomic E-state index is 0. The Labute approximate surface area is 227 Å². The van der Waals surface area contributed by atoms with E-state index in [-0.39, 0.29) is 12.4 Å². The first-order chi connectivity index (χ1) is 18.1. The summed E-state index contributed by atoms with van der Waals surface area (Å²) in [6.45, 7) is 2.10. The molecule has 5 heteroatoms. The van der Waals surface area contributed by atoms with Crippen LogP contribution in [0.25, 0.3) is 38.4 Å². The average molecular weight is 525 g/mol. The highest BCUT2D eigenvalue weighted by atomic mass is 35.5. The van der Waals surface area contributed by atoms with E-state index in [0.29, 0.717) is 5.56 Å². The first-order valence-electron chi connectivity index (χ1n) is 12.6. The van der Waals surface area contributed by atoms with E-state index in [9.17, 15) is 8.78 Å². The molecule has 7 rings (SSSR count). The predicted molar refractivity (Wildman–Crippen MR) is 154 cm³/mol. The first-order valence-corrected chi connectivity index (χ1v) is 12.6. The lowest BCUT2D eigenvalue weighted by Gasteiger charge is -2.26. The number of fused-ring (bicyclic) bond motifs is 5. The molecular formula is C33H27ClF2N2. The second-order valence-electron chi connectivity index (χ2n) is 9.67. The number of halogens is 3. The monoisotopic (exact) mass is 524 g/mol. The Morgan fingerprint density at radius 1 is 0.789 bits per heavy atom. The number of benzene rings is 3. The average Bonchev–Trinajstić information content (AvgIpc) is 2.92. The highest BCUT2D eigenvalue weighted by molar-refractivity contribution is 5.98. The summed E-state index contributed by atoms with van der Waals surface area (Å²) in [7, 11) is 0. The van der Waals surface area contributed by atoms with Crippen LogP contribution in [0.2, 0.25) is 0 Å². The molecular weight excluding hydrogens is 498 g/mol. The van der Waals surface area contributed by atoms with Gasteiger partial charge in [-0.3, -0.25) is 9.97 Å². The molecule has 0 saturated carbocycles. The molecule has 0 spiro atoms. The van der Waals surface area contributed by atoms with Gasteiger partial charge in [0, 0.05) is 30.0 Å². The molecule has 0 bridgehead atoms. The Morgan fingerprint density at radius 3 is 2.42 bits per heavy atom. The summed E-state index contributed by atoms with van der Waals surface area (Å²) in [5.74, 6) is -1.09. The van der Waals surface area contributed by atoms with Crippen molar-refractivity contribution in [3.63, 3.8) is 0 Å². The second kappa shape index (κ2) is 10.8. The van der Waals surface area contributed by atoms with Gasteiger partial charge in [-0.05, 0) is 113 Å². The molecule has 2 heterocycles. The summed E-state index contributed by atoms with van der Waals surface area (Å²) >= 11 is 0. The van der Waals surface area contributed by atoms with E-state index >= 15 is 0 Å². The van der Waals surface area contributed by atoms with Gasteiger partial charge >= 0.3 is 0 Å². The molecule has 0 saturated heterocycles. The van der Waals surface area contributed by atoms with Crippen LogP contribution in [0.4, 0.5) is 8.78 Å². The summed E-state index contributed by atoms with van der Waals surface area (Å²) in [5, 5.41) is 3.51. The van der Waals surface area contributed by atoms with Gasteiger partial charge in [-0.25, -0.2) is 8.78 Å². The maximum Gasteiger partial charge on any atom is 0.126 e. The molecule has 2 nitrogen and oxygen atoms in total. The number of pyridine rings is 2. The third-order valence-electron chi connectivity index (χ3n) is 7.27. The fourth-order valence-corrected chi connectivity index (χ4v) is 5.61. The topological polar surface area (TPSA) is 25.8 Å². The lowest BCUT2D eigenvalue weighted by Crippen LogP contribution is -2.07. The standard InChI is InChI=1S/C25H20F2.C8H6N2.ClH/c1-15-10-18(19-12-20(26)14-21(27)13-19)11-17-7-8-23-22-5-3-2-4-16(22)6-9-24(23)25(15)17;1-2-7-6-9-5-3-8(7)10-4-1;/h3,5,7-8,10-14H,2,4,6,9H2,1H3;1-6H;1H. The Morgan fingerprint density at radius 2 is 1.61 bits per heavy atom. The van der Waals surface area contributed by atoms with Gasteiger partial charge in [-0.15, -0.1) is 12.4 Å². The lowest BCUT2D eigenvalue weighted by atomic mass is 9.78. The zero-order chi connectivity index (χ0) is 25.4. The Balaban J connectivity index is 0.000000225. The van der Waals surface area contributed by atoms with Crippen LogP contribution in [0.15, 0.2) is 97.0 Å². The van der Waals surface area contributed by atoms with Crippen LogP contribution >= 0.6 is 12.4 Å². The van der Waals surface area contributed by atoms with Crippen LogP contribution in [0.3, 0.4) is 0 Å². The van der Waals surface area contributed by atoms with E-state index in [2.05, 4.69) is 53.3 Å². The van der Waals surface area contributed by atoms with Gasteiger partial charge in [0.05, 0.1) is 5.52 Å². The predicted octanol–water partition coefficient (Wildman–Crippen LogP) is 9.19. The molecule has 0 unspecified atom stereocenters. The maximum absolute atomic E-state index is 13.7. The molecule has 2 aliphatic carbocycles. The van der Waals surface area contributed by atoms with Gasteiger partial charge in [0.2, 0.25) is 0 Å². The third-order valence-corrected chi connectivity index (χ3v) is 7.27. The number of aryl methyl sites for hydroxylation is 2. The number of hydrogen-bond acceptors (Lipinski definition) is 2. The minimum atomic E-state index is -0.545. The summed E-state index contributed by atoms with van der Waals surface area (Å²) in [5.41, 5.74) is 9.33. The van der Waals surface area contributed by atoms with Gasteiger partial charge in [0.1, 0.15) is 11.6 Å². The van der Waals surface area contributed by atoms with Crippen LogP contribution in [0, 0.1) is 18.6 Å². The van der Waals surface area contributed by atoms with Crippen LogP contribution in [-0.4, -0.2) is 9.97 Å². The second-order valence-corrected chi connectivity index (χ2v) is 9.67. The van der Waals surface area contributed by atoms with Crippen molar-refractivity contribution in [2.24, 2.45) is 0 Å². The third kappa shape index (κ3) is 4.97. The van der Waals surface area contributed by atoms with Crippen molar-refractivity contribution < 1.29 is 8.78 Å². The highest BCUT2D eigenvalue weighted by Gasteiger charge is 2.21. The van der Waals surface area contributed by atoms with Crippen molar-refractivity contribution in [1.29, 1.82) is 0 Å². The quantitative estimate of drug-likeness (QED) is 0.218. The minimum Gasteiger partial charge on any atom is -0.264 e. The van der Waals surface area contributed by atoms with E-state index in [4.69, 9.17) is 0 Å². The summed E-state index contributed by atoms with van der Waals surface area (Å²) in [6.07, 6.45) is 14.4. The molecule has 0 radical (unpaired) electrons. The zero-order valence-electron chi connectivity index (χ0n) is 21.0. The number of rotatable bonds is 1. The van der Waals surface area contributed by atoms with Crippen molar-refractivity contribution >= 4 is 39.7 Å². The molecule has 0 atom stereocenters. The number of allylic oxidation sites excluding steroid dienone is 4. The SMILES string of the molecule is Cc1cc(-c2cc(F)cc(F)c2)cc2ccc3c(c12)CCC1=C3C=CCC1.Cl.c1cnc2ccncc2c1. The van der Waals surface area contributed by atoms with E-state index in [1.165, 1.54) is 40.6 Å². The lowest BCUT2D eigenvalue weighted by molar-refractivity contribution is 0.584. The van der Waals surface area contributed by atoms with E-state index < -0.39 is 11.6 Å². The summed E-state index contributed by atoms with van der Waals surface area (Å²) < 4.78 is 27.3. The zero-order valence-corrected chi connectivity index (χ0v) is 21.9. The normalized spacial score (nSPS) is 13.9. The van der Waals surface area contributed by atoms with Gasteiger partial charge in [0.25, 0.3) is 0 Å². The maximum atomic E-state index is 13.7. The van der Waals surface area contributed by atoms with Crippen molar-refractivity contribution in [2.75, 3.05) is 0 Å². The fraction of sp³-hybridized carbons (Fsp3) is 0.152. The van der Waals surface area contributed by atoms with Gasteiger partial charge < -0.3 is 0 Å². The number of aromatic nitrogens is 2. The fourth-order valence-electron chi connectivity index (χ4n) is 5.61. The van der Waals surface area contributed by atoms with Crippen LogP contribution in [0.1, 0.15) is 36.0 Å². The van der Waals surface area contributed by atoms with Crippen molar-refractivity contribution in [3.05, 3.63) is 125 Å². The number of nitrogens with zero attached hydrogens (tertiary/aromatic N) is 2. The number of hydrogen-bond donors (Lipinski definition) is 0. The molecule has 0 fully saturated rings. The molecule has 5 aromatic rings. The molecule has 3 aromatic carbocycles. The molecule has 0 N–H and O–H groups in total. The van der Waals surface area contributed by atoms with E-state index in [1.54, 1.807) is 18.0 Å². The van der Waals surface area contributed by atoms with Crippen molar-refractivity contribution in [2.45, 2.75) is 32.6 Å². The molecule has 2 aromatic heterocycles. The van der Waals surface area contributed by atoms with Gasteiger partial charge in [0.15, 0.2) is 0 Å². The molecule has 0 amide bonds. The first kappa shape index (κ1) is 25.7. The smallest absolute Gasteiger partial charge is 0.126 e. The van der Waals surface area contributed by atoms with Crippen LogP contribution in [0.5, 0.6) is 0 Å². The Kier molecular flexibility index (Phi) is 7.35. The molecule has 38 heavy (non-hydrogen) atoms. The Hall–Kier alpha value is -3.89. The van der Waals surface area contributed by atoms with E-state index in [0.717, 1.165) is 52.7 Å². The van der Waals surface area contributed by atoms with E-state index in [1.807, 2.05) is 24.4 Å². The van der Waals surface area contributed by atoms with Crippen molar-refractivity contribution in [3.8, 4) is 11.1 Å². The van der Waals surface area contributed by atoms with Gasteiger partial charge in [-0.2, -0.15) is 0 Å². The molecule has 2 aliphatic rings. The highest BCUT2D eigenvalue weighted by Crippen LogP contribution is 2.41. The Bertz CT molecular complexity index is 1640. The van der Waals surface area contributed by atoms with Crippen molar-refractivity contribution in [1.82, 2.24) is 9.97 Å². The molecule has 190 valence electrons.